The van der Waals surface area contributed by atoms with Crippen LogP contribution in [-0.2, 0) is 6.42 Å². The molecule has 31 heavy (non-hydrogen) atoms. The minimum absolute atomic E-state index is 0.0724. The molecule has 0 aromatic heterocycles. The molecular weight excluding hydrogens is 388 g/mol. The molecule has 0 unspecified atom stereocenters. The summed E-state index contributed by atoms with van der Waals surface area (Å²) in [6, 6.07) is 13.2. The number of hydrogen-bond donors (Lipinski definition) is 0. The monoisotopic (exact) mass is 426 g/mol. The van der Waals surface area contributed by atoms with Crippen LogP contribution < -0.4 is 14.2 Å². The molecule has 0 aliphatic carbocycles. The number of hydrogen-bond acceptors (Lipinski definition) is 4. The van der Waals surface area contributed by atoms with Crippen molar-refractivity contribution in [2.75, 3.05) is 0 Å². The highest BCUT2D eigenvalue weighted by atomic mass is 16.5. The van der Waals surface area contributed by atoms with Gasteiger partial charge in [0.25, 0.3) is 0 Å². The van der Waals surface area contributed by atoms with Crippen LogP contribution in [0.2, 0.25) is 0 Å². The Hall–Kier alpha value is -2.49. The van der Waals surface area contributed by atoms with E-state index in [0.717, 1.165) is 17.1 Å². The Labute approximate surface area is 187 Å². The first-order chi connectivity index (χ1) is 14.1. The quantitative estimate of drug-likeness (QED) is 0.446. The first kappa shape index (κ1) is 24.8. The van der Waals surface area contributed by atoms with Gasteiger partial charge in [-0.05, 0) is 105 Å². The van der Waals surface area contributed by atoms with Crippen molar-refractivity contribution in [1.29, 1.82) is 0 Å². The zero-order valence-electron chi connectivity index (χ0n) is 20.6. The van der Waals surface area contributed by atoms with Gasteiger partial charge in [0, 0.05) is 12.0 Å². The fourth-order valence-electron chi connectivity index (χ4n) is 3.08. The van der Waals surface area contributed by atoms with Crippen LogP contribution in [-0.4, -0.2) is 22.6 Å². The Bertz CT molecular complexity index is 893. The van der Waals surface area contributed by atoms with E-state index in [1.54, 1.807) is 0 Å². The molecule has 0 heterocycles. The van der Waals surface area contributed by atoms with Crippen molar-refractivity contribution in [2.45, 2.75) is 92.0 Å². The maximum atomic E-state index is 12.9. The van der Waals surface area contributed by atoms with E-state index in [1.807, 2.05) is 105 Å². The van der Waals surface area contributed by atoms with Gasteiger partial charge in [-0.3, -0.25) is 4.79 Å². The fourth-order valence-corrected chi connectivity index (χ4v) is 3.08. The van der Waals surface area contributed by atoms with E-state index in [9.17, 15) is 4.79 Å². The third kappa shape index (κ3) is 9.04. The number of carbonyl (C=O) groups excluding carboxylic acids is 1. The van der Waals surface area contributed by atoms with Gasteiger partial charge < -0.3 is 14.2 Å². The van der Waals surface area contributed by atoms with Gasteiger partial charge in [0.1, 0.15) is 34.1 Å². The molecule has 0 aliphatic heterocycles. The summed E-state index contributed by atoms with van der Waals surface area (Å²) in [7, 11) is 0. The average molecular weight is 427 g/mol. The van der Waals surface area contributed by atoms with Crippen molar-refractivity contribution >= 4 is 5.78 Å². The van der Waals surface area contributed by atoms with Crippen LogP contribution >= 0.6 is 0 Å². The first-order valence-electron chi connectivity index (χ1n) is 10.9. The number of Topliss-reactive ketones (excluding diaryl/α,β-unsaturated/α-hetero) is 1. The highest BCUT2D eigenvalue weighted by molar-refractivity contribution is 5.96. The molecule has 0 amide bonds. The topological polar surface area (TPSA) is 44.8 Å². The Morgan fingerprint density at radius 1 is 0.710 bits per heavy atom. The van der Waals surface area contributed by atoms with E-state index in [-0.39, 0.29) is 22.6 Å². The molecule has 0 saturated heterocycles. The SMILES string of the molecule is CC(C)(C)Oc1cccc(C(=O)CCc2cc(OC(C)(C)C)ccc2OC(C)(C)C)c1. The lowest BCUT2D eigenvalue weighted by Gasteiger charge is -2.25. The second-order valence-corrected chi connectivity index (χ2v) is 10.9. The van der Waals surface area contributed by atoms with Crippen molar-refractivity contribution in [2.24, 2.45) is 0 Å². The van der Waals surface area contributed by atoms with E-state index in [0.29, 0.717) is 24.2 Å². The lowest BCUT2D eigenvalue weighted by Crippen LogP contribution is -2.24. The number of aryl methyl sites for hydroxylation is 1. The first-order valence-corrected chi connectivity index (χ1v) is 10.9. The Kier molecular flexibility index (Phi) is 7.46. The van der Waals surface area contributed by atoms with E-state index in [2.05, 4.69) is 0 Å². The number of benzene rings is 2. The maximum Gasteiger partial charge on any atom is 0.163 e. The third-order valence-corrected chi connectivity index (χ3v) is 4.07. The summed E-state index contributed by atoms with van der Waals surface area (Å²) in [4.78, 5) is 12.9. The van der Waals surface area contributed by atoms with Gasteiger partial charge in [0.15, 0.2) is 5.78 Å². The summed E-state index contributed by atoms with van der Waals surface area (Å²) < 4.78 is 18.1. The van der Waals surface area contributed by atoms with Crippen LogP contribution in [0.25, 0.3) is 0 Å². The van der Waals surface area contributed by atoms with Gasteiger partial charge in [0.05, 0.1) is 0 Å². The summed E-state index contributed by atoms with van der Waals surface area (Å²) in [5.74, 6) is 2.34. The second-order valence-electron chi connectivity index (χ2n) is 10.9. The normalized spacial score (nSPS) is 12.4. The van der Waals surface area contributed by atoms with Crippen molar-refractivity contribution < 1.29 is 19.0 Å². The number of ketones is 1. The maximum absolute atomic E-state index is 12.9. The smallest absolute Gasteiger partial charge is 0.163 e. The molecule has 170 valence electrons. The summed E-state index contributed by atoms with van der Waals surface area (Å²) in [6.45, 7) is 18.1. The minimum Gasteiger partial charge on any atom is -0.488 e. The van der Waals surface area contributed by atoms with Gasteiger partial charge in [-0.2, -0.15) is 0 Å². The van der Waals surface area contributed by atoms with Gasteiger partial charge in [-0.1, -0.05) is 12.1 Å². The van der Waals surface area contributed by atoms with Crippen LogP contribution in [0.4, 0.5) is 0 Å². The van der Waals surface area contributed by atoms with Crippen LogP contribution in [0.15, 0.2) is 42.5 Å². The van der Waals surface area contributed by atoms with Crippen molar-refractivity contribution in [3.8, 4) is 17.2 Å². The molecule has 0 spiro atoms. The molecule has 0 radical (unpaired) electrons. The average Bonchev–Trinajstić information content (AvgIpc) is 2.57. The number of carbonyl (C=O) groups is 1. The molecule has 0 aliphatic rings. The standard InChI is InChI=1S/C27H38O4/c1-25(2,3)29-21-12-10-11-19(17-21)23(28)15-13-20-18-22(30-26(4,5)6)14-16-24(20)31-27(7,8)9/h10-12,14,16-18H,13,15H2,1-9H3. The zero-order valence-corrected chi connectivity index (χ0v) is 20.6. The molecule has 2 rings (SSSR count). The van der Waals surface area contributed by atoms with Crippen LogP contribution in [0.5, 0.6) is 17.2 Å². The van der Waals surface area contributed by atoms with E-state index >= 15 is 0 Å². The second kappa shape index (κ2) is 9.33. The summed E-state index contributed by atoms with van der Waals surface area (Å²) in [5, 5.41) is 0. The molecule has 4 nitrogen and oxygen atoms in total. The fraction of sp³-hybridized carbons (Fsp3) is 0.519. The van der Waals surface area contributed by atoms with Gasteiger partial charge in [-0.25, -0.2) is 0 Å². The van der Waals surface area contributed by atoms with Crippen LogP contribution in [0.3, 0.4) is 0 Å². The predicted molar refractivity (Wildman–Crippen MR) is 127 cm³/mol. The molecular formula is C27H38O4. The van der Waals surface area contributed by atoms with Crippen LogP contribution in [0, 0.1) is 0 Å². The number of rotatable bonds is 7. The largest absolute Gasteiger partial charge is 0.488 e. The van der Waals surface area contributed by atoms with E-state index in [1.165, 1.54) is 0 Å². The summed E-state index contributed by atoms with van der Waals surface area (Å²) in [5.41, 5.74) is 0.680. The molecule has 0 atom stereocenters. The highest BCUT2D eigenvalue weighted by Crippen LogP contribution is 2.30. The molecule has 0 fully saturated rings. The van der Waals surface area contributed by atoms with Crippen molar-refractivity contribution in [1.82, 2.24) is 0 Å². The molecule has 2 aromatic rings. The zero-order chi connectivity index (χ0) is 23.4. The molecule has 0 saturated carbocycles. The lowest BCUT2D eigenvalue weighted by atomic mass is 10.0. The third-order valence-electron chi connectivity index (χ3n) is 4.07. The van der Waals surface area contributed by atoms with Gasteiger partial charge >= 0.3 is 0 Å². The molecule has 2 aromatic carbocycles. The van der Waals surface area contributed by atoms with Crippen molar-refractivity contribution in [3.05, 3.63) is 53.6 Å². The highest BCUT2D eigenvalue weighted by Gasteiger charge is 2.19. The number of ether oxygens (including phenoxy) is 3. The lowest BCUT2D eigenvalue weighted by molar-refractivity contribution is 0.0977. The Morgan fingerprint density at radius 2 is 1.26 bits per heavy atom. The molecule has 4 heteroatoms. The molecule has 0 N–H and O–H groups in total. The van der Waals surface area contributed by atoms with Crippen LogP contribution in [0.1, 0.15) is 84.7 Å². The Balaban J connectivity index is 2.21. The molecule has 0 bridgehead atoms. The van der Waals surface area contributed by atoms with Gasteiger partial charge in [0.2, 0.25) is 0 Å². The van der Waals surface area contributed by atoms with Gasteiger partial charge in [-0.15, -0.1) is 0 Å². The minimum atomic E-state index is -0.330. The van der Waals surface area contributed by atoms with E-state index < -0.39 is 0 Å². The summed E-state index contributed by atoms with van der Waals surface area (Å²) >= 11 is 0. The van der Waals surface area contributed by atoms with Crippen molar-refractivity contribution in [3.63, 3.8) is 0 Å². The Morgan fingerprint density at radius 3 is 1.81 bits per heavy atom. The van der Waals surface area contributed by atoms with E-state index in [4.69, 9.17) is 14.2 Å². The predicted octanol–water partition coefficient (Wildman–Crippen LogP) is 7.03. The summed E-state index contributed by atoms with van der Waals surface area (Å²) in [6.07, 6.45) is 0.939.